The summed E-state index contributed by atoms with van der Waals surface area (Å²) in [6.45, 7) is 2.53. The first kappa shape index (κ1) is 24.8. The van der Waals surface area contributed by atoms with Crippen LogP contribution in [0.15, 0.2) is 48.5 Å². The van der Waals surface area contributed by atoms with Gasteiger partial charge in [0.1, 0.15) is 5.75 Å². The second-order valence-electron chi connectivity index (χ2n) is 9.38. The van der Waals surface area contributed by atoms with Gasteiger partial charge < -0.3 is 25.4 Å². The molecule has 3 rings (SSSR count). The van der Waals surface area contributed by atoms with Crippen molar-refractivity contribution in [3.8, 4) is 5.75 Å². The summed E-state index contributed by atoms with van der Waals surface area (Å²) in [4.78, 5) is 1.83. The van der Waals surface area contributed by atoms with Crippen molar-refractivity contribution >= 4 is 7.05 Å². The number of aliphatic hydroxyl groups is 1. The topological polar surface area (TPSA) is 79.0 Å². The number of ether oxygens (including phenoxy) is 1. The Labute approximate surface area is 193 Å². The van der Waals surface area contributed by atoms with Crippen LogP contribution in [0.2, 0.25) is 6.82 Å². The molecule has 0 radical (unpaired) electrons. The highest BCUT2D eigenvalue weighted by Gasteiger charge is 2.24. The molecular weight excluding hydrogens is 399 g/mol. The zero-order valence-electron chi connectivity index (χ0n) is 19.6. The molecule has 0 aliphatic heterocycles. The van der Waals surface area contributed by atoms with Crippen molar-refractivity contribution in [2.75, 3.05) is 13.7 Å². The highest BCUT2D eigenvalue weighted by Crippen LogP contribution is 2.27. The van der Waals surface area contributed by atoms with Gasteiger partial charge in [0, 0.05) is 19.1 Å². The molecule has 1 fully saturated rings. The van der Waals surface area contributed by atoms with Crippen LogP contribution in [0.25, 0.3) is 0 Å². The first-order valence-electron chi connectivity index (χ1n) is 12.0. The van der Waals surface area contributed by atoms with Gasteiger partial charge in [-0.1, -0.05) is 68.5 Å². The van der Waals surface area contributed by atoms with Gasteiger partial charge >= 0.3 is 7.05 Å². The number of nitrogens with zero attached hydrogens (tertiary/aromatic N) is 1. The third kappa shape index (κ3) is 7.63. The second-order valence-corrected chi connectivity index (χ2v) is 9.38. The average Bonchev–Trinajstić information content (AvgIpc) is 2.79. The Morgan fingerprint density at radius 1 is 1.06 bits per heavy atom. The van der Waals surface area contributed by atoms with E-state index in [0.717, 1.165) is 23.7 Å². The van der Waals surface area contributed by atoms with Crippen LogP contribution in [0.1, 0.15) is 48.8 Å². The monoisotopic (exact) mass is 438 g/mol. The maximum Gasteiger partial charge on any atom is 0.376 e. The maximum absolute atomic E-state index is 10.8. The highest BCUT2D eigenvalue weighted by atomic mass is 16.5. The minimum atomic E-state index is -0.739. The summed E-state index contributed by atoms with van der Waals surface area (Å²) in [5, 5.41) is 21.1. The van der Waals surface area contributed by atoms with Gasteiger partial charge in [0.25, 0.3) is 0 Å². The van der Waals surface area contributed by atoms with Crippen LogP contribution >= 0.6 is 0 Å². The second kappa shape index (κ2) is 12.4. The van der Waals surface area contributed by atoms with Crippen molar-refractivity contribution in [2.45, 2.75) is 70.5 Å². The van der Waals surface area contributed by atoms with E-state index < -0.39 is 19.2 Å². The molecule has 0 amide bonds. The molecule has 32 heavy (non-hydrogen) atoms. The summed E-state index contributed by atoms with van der Waals surface area (Å²) in [6, 6.07) is 16.0. The standard InChI is InChI=1S/C26H39BN2O3/c1-27(31)29(18-23-12-7-13-24(16-23)32-2)19-26(30)25(28)17-22-11-6-10-21(15-22)14-20-8-4-3-5-9-20/h6-7,10-13,15-16,20,25-26,30-31H,3-5,8-9,14,17-19,28H2,1-2H3/t25-,26+/m0/s1. The van der Waals surface area contributed by atoms with Crippen molar-refractivity contribution in [3.63, 3.8) is 0 Å². The number of benzene rings is 2. The molecule has 0 spiro atoms. The SMILES string of the molecule is COc1cccc(CN(C[C@@H](O)[C@@H](N)Cc2cccc(CC3CCCCC3)c2)B(C)O)c1. The lowest BCUT2D eigenvalue weighted by Crippen LogP contribution is -2.48. The maximum atomic E-state index is 10.8. The number of hydrogen-bond donors (Lipinski definition) is 3. The third-order valence-corrected chi connectivity index (χ3v) is 6.68. The highest BCUT2D eigenvalue weighted by molar-refractivity contribution is 6.45. The van der Waals surface area contributed by atoms with Gasteiger partial charge in [-0.15, -0.1) is 0 Å². The summed E-state index contributed by atoms with van der Waals surface area (Å²) >= 11 is 0. The third-order valence-electron chi connectivity index (χ3n) is 6.68. The Morgan fingerprint density at radius 2 is 1.75 bits per heavy atom. The minimum absolute atomic E-state index is 0.303. The average molecular weight is 438 g/mol. The Kier molecular flexibility index (Phi) is 9.60. The molecule has 4 N–H and O–H groups in total. The number of hydrogen-bond acceptors (Lipinski definition) is 5. The van der Waals surface area contributed by atoms with E-state index in [4.69, 9.17) is 10.5 Å². The normalized spacial score (nSPS) is 16.7. The van der Waals surface area contributed by atoms with Crippen LogP contribution < -0.4 is 10.5 Å². The van der Waals surface area contributed by atoms with Crippen LogP contribution in [-0.4, -0.2) is 47.8 Å². The molecule has 1 saturated carbocycles. The largest absolute Gasteiger partial charge is 0.497 e. The molecule has 1 aliphatic carbocycles. The molecule has 0 unspecified atom stereocenters. The van der Waals surface area contributed by atoms with Crippen LogP contribution in [-0.2, 0) is 19.4 Å². The van der Waals surface area contributed by atoms with Crippen molar-refractivity contribution in [1.82, 2.24) is 4.81 Å². The molecule has 0 aromatic heterocycles. The first-order chi connectivity index (χ1) is 15.4. The number of aliphatic hydroxyl groups excluding tert-OH is 1. The van der Waals surface area contributed by atoms with E-state index in [0.29, 0.717) is 19.5 Å². The van der Waals surface area contributed by atoms with Crippen LogP contribution in [0.4, 0.5) is 0 Å². The molecule has 2 aromatic carbocycles. The molecule has 5 nitrogen and oxygen atoms in total. The van der Waals surface area contributed by atoms with E-state index in [1.807, 2.05) is 29.1 Å². The number of methoxy groups -OCH3 is 1. The molecule has 0 bridgehead atoms. The predicted octanol–water partition coefficient (Wildman–Crippen LogP) is 3.66. The lowest BCUT2D eigenvalue weighted by Gasteiger charge is -2.29. The molecule has 0 heterocycles. The molecule has 174 valence electrons. The fourth-order valence-electron chi connectivity index (χ4n) is 4.75. The van der Waals surface area contributed by atoms with Gasteiger partial charge in [-0.25, -0.2) is 0 Å². The van der Waals surface area contributed by atoms with Crippen LogP contribution in [0.5, 0.6) is 5.75 Å². The molecule has 1 aliphatic rings. The van der Waals surface area contributed by atoms with Gasteiger partial charge in [-0.3, -0.25) is 0 Å². The zero-order valence-corrected chi connectivity index (χ0v) is 19.6. The van der Waals surface area contributed by atoms with E-state index in [1.54, 1.807) is 13.9 Å². The summed E-state index contributed by atoms with van der Waals surface area (Å²) in [5.41, 5.74) is 9.95. The van der Waals surface area contributed by atoms with Crippen LogP contribution in [0.3, 0.4) is 0 Å². The molecule has 2 atom stereocenters. The summed E-state index contributed by atoms with van der Waals surface area (Å²) in [6.07, 6.45) is 7.79. The van der Waals surface area contributed by atoms with Crippen LogP contribution in [0, 0.1) is 5.92 Å². The van der Waals surface area contributed by atoms with Crippen molar-refractivity contribution < 1.29 is 14.9 Å². The lowest BCUT2D eigenvalue weighted by molar-refractivity contribution is 0.111. The van der Waals surface area contributed by atoms with Crippen molar-refractivity contribution in [2.24, 2.45) is 11.7 Å². The lowest BCUT2D eigenvalue weighted by atomic mass is 9.83. The van der Waals surface area contributed by atoms with Gasteiger partial charge in [-0.05, 0) is 54.4 Å². The van der Waals surface area contributed by atoms with Crippen molar-refractivity contribution in [1.29, 1.82) is 0 Å². The fraction of sp³-hybridized carbons (Fsp3) is 0.538. The minimum Gasteiger partial charge on any atom is -0.497 e. The van der Waals surface area contributed by atoms with E-state index in [1.165, 1.54) is 43.2 Å². The van der Waals surface area contributed by atoms with Gasteiger partial charge in [0.05, 0.1) is 13.2 Å². The van der Waals surface area contributed by atoms with Crippen molar-refractivity contribution in [3.05, 3.63) is 65.2 Å². The summed E-state index contributed by atoms with van der Waals surface area (Å²) in [5.74, 6) is 1.58. The summed E-state index contributed by atoms with van der Waals surface area (Å²) in [7, 11) is 0.945. The van der Waals surface area contributed by atoms with E-state index in [-0.39, 0.29) is 0 Å². The predicted molar refractivity (Wildman–Crippen MR) is 132 cm³/mol. The fourth-order valence-corrected chi connectivity index (χ4v) is 4.75. The summed E-state index contributed by atoms with van der Waals surface area (Å²) < 4.78 is 5.29. The van der Waals surface area contributed by atoms with Gasteiger partial charge in [0.15, 0.2) is 0 Å². The van der Waals surface area contributed by atoms with Gasteiger partial charge in [-0.2, -0.15) is 0 Å². The first-order valence-corrected chi connectivity index (χ1v) is 12.0. The molecular formula is C26H39BN2O3. The molecule has 2 aromatic rings. The van der Waals surface area contributed by atoms with E-state index >= 15 is 0 Å². The van der Waals surface area contributed by atoms with Gasteiger partial charge in [0.2, 0.25) is 0 Å². The van der Waals surface area contributed by atoms with E-state index in [2.05, 4.69) is 24.3 Å². The number of rotatable bonds is 11. The zero-order chi connectivity index (χ0) is 22.9. The Morgan fingerprint density at radius 3 is 2.47 bits per heavy atom. The Hall–Kier alpha value is -1.86. The quantitative estimate of drug-likeness (QED) is 0.467. The molecule has 0 saturated heterocycles. The Balaban J connectivity index is 1.56. The number of nitrogens with two attached hydrogens (primary N) is 1. The smallest absolute Gasteiger partial charge is 0.376 e. The Bertz CT molecular complexity index is 826. The molecule has 6 heteroatoms. The van der Waals surface area contributed by atoms with E-state index in [9.17, 15) is 10.1 Å².